The lowest BCUT2D eigenvalue weighted by Gasteiger charge is -2.39. The van der Waals surface area contributed by atoms with Crippen molar-refractivity contribution in [1.29, 1.82) is 0 Å². The lowest BCUT2D eigenvalue weighted by atomic mass is 10.1. The molecule has 0 spiro atoms. The van der Waals surface area contributed by atoms with Crippen LogP contribution in [-0.4, -0.2) is 58.8 Å². The number of rotatable bonds is 7. The SMILES string of the molecule is O=S(=O)(NC1CN(CCOC2=CCCC3=C2OCCO3)C1)c1cccc(F)c1. The van der Waals surface area contributed by atoms with Gasteiger partial charge in [0, 0.05) is 32.1 Å². The highest BCUT2D eigenvalue weighted by Crippen LogP contribution is 2.30. The second-order valence-corrected chi connectivity index (χ2v) is 8.65. The van der Waals surface area contributed by atoms with E-state index >= 15 is 0 Å². The van der Waals surface area contributed by atoms with Gasteiger partial charge in [-0.05, 0) is 30.7 Å². The van der Waals surface area contributed by atoms with Crippen molar-refractivity contribution in [3.05, 3.63) is 53.4 Å². The average Bonchev–Trinajstić information content (AvgIpc) is 2.66. The van der Waals surface area contributed by atoms with Crippen LogP contribution in [0.5, 0.6) is 0 Å². The summed E-state index contributed by atoms with van der Waals surface area (Å²) in [5, 5.41) is 0. The molecule has 0 atom stereocenters. The second kappa shape index (κ2) is 8.10. The zero-order valence-corrected chi connectivity index (χ0v) is 16.2. The minimum Gasteiger partial charge on any atom is -0.490 e. The smallest absolute Gasteiger partial charge is 0.241 e. The average molecular weight is 410 g/mol. The molecule has 28 heavy (non-hydrogen) atoms. The number of ether oxygens (including phenoxy) is 3. The number of allylic oxidation sites excluding steroid dienone is 2. The van der Waals surface area contributed by atoms with Gasteiger partial charge in [0.2, 0.25) is 10.0 Å². The molecule has 0 unspecified atom stereocenters. The summed E-state index contributed by atoms with van der Waals surface area (Å²) in [6, 6.07) is 4.82. The lowest BCUT2D eigenvalue weighted by molar-refractivity contribution is 0.0359. The van der Waals surface area contributed by atoms with Gasteiger partial charge in [-0.2, -0.15) is 0 Å². The van der Waals surface area contributed by atoms with Crippen LogP contribution >= 0.6 is 0 Å². The summed E-state index contributed by atoms with van der Waals surface area (Å²) in [6.45, 7) is 3.44. The van der Waals surface area contributed by atoms with Gasteiger partial charge in [0.25, 0.3) is 0 Å². The first-order valence-corrected chi connectivity index (χ1v) is 10.8. The highest BCUT2D eigenvalue weighted by atomic mass is 32.2. The van der Waals surface area contributed by atoms with Crippen molar-refractivity contribution < 1.29 is 27.0 Å². The molecular formula is C19H23FN2O5S. The fourth-order valence-electron chi connectivity index (χ4n) is 3.43. The van der Waals surface area contributed by atoms with Crippen LogP contribution in [0.15, 0.2) is 52.5 Å². The summed E-state index contributed by atoms with van der Waals surface area (Å²) in [4.78, 5) is 2.03. The van der Waals surface area contributed by atoms with Crippen molar-refractivity contribution in [2.45, 2.75) is 23.8 Å². The summed E-state index contributed by atoms with van der Waals surface area (Å²) >= 11 is 0. The lowest BCUT2D eigenvalue weighted by Crippen LogP contribution is -2.59. The van der Waals surface area contributed by atoms with E-state index in [1.807, 2.05) is 6.08 Å². The number of hydrogen-bond acceptors (Lipinski definition) is 6. The van der Waals surface area contributed by atoms with Crippen molar-refractivity contribution in [1.82, 2.24) is 9.62 Å². The highest BCUT2D eigenvalue weighted by molar-refractivity contribution is 7.89. The van der Waals surface area contributed by atoms with Crippen molar-refractivity contribution in [2.75, 3.05) is 39.5 Å². The van der Waals surface area contributed by atoms with Crippen LogP contribution in [0.25, 0.3) is 0 Å². The number of likely N-dealkylation sites (tertiary alicyclic amines) is 1. The van der Waals surface area contributed by atoms with Crippen LogP contribution in [-0.2, 0) is 24.2 Å². The predicted octanol–water partition coefficient (Wildman–Crippen LogP) is 1.74. The third kappa shape index (κ3) is 4.31. The number of nitrogens with one attached hydrogen (secondary N) is 1. The predicted molar refractivity (Wildman–Crippen MR) is 99.1 cm³/mol. The van der Waals surface area contributed by atoms with Crippen LogP contribution in [0.3, 0.4) is 0 Å². The molecule has 2 aliphatic heterocycles. The Balaban J connectivity index is 1.21. The summed E-state index contributed by atoms with van der Waals surface area (Å²) in [6.07, 6.45) is 3.71. The second-order valence-electron chi connectivity index (χ2n) is 6.94. The zero-order valence-electron chi connectivity index (χ0n) is 15.4. The third-order valence-electron chi connectivity index (χ3n) is 4.83. The molecule has 152 valence electrons. The number of sulfonamides is 1. The molecule has 4 rings (SSSR count). The summed E-state index contributed by atoms with van der Waals surface area (Å²) in [5.74, 6) is 1.73. The van der Waals surface area contributed by atoms with Crippen LogP contribution in [0.4, 0.5) is 4.39 Å². The molecule has 3 aliphatic rings. The van der Waals surface area contributed by atoms with E-state index < -0.39 is 15.8 Å². The van der Waals surface area contributed by atoms with Gasteiger partial charge in [-0.1, -0.05) is 6.07 Å². The van der Waals surface area contributed by atoms with Gasteiger partial charge in [-0.3, -0.25) is 4.90 Å². The largest absolute Gasteiger partial charge is 0.490 e. The van der Waals surface area contributed by atoms with Gasteiger partial charge in [-0.15, -0.1) is 0 Å². The Morgan fingerprint density at radius 3 is 2.89 bits per heavy atom. The normalized spacial score (nSPS) is 20.5. The van der Waals surface area contributed by atoms with Gasteiger partial charge in [0.15, 0.2) is 11.5 Å². The fourth-order valence-corrected chi connectivity index (χ4v) is 4.68. The molecule has 9 heteroatoms. The highest BCUT2D eigenvalue weighted by Gasteiger charge is 2.31. The van der Waals surface area contributed by atoms with Crippen molar-refractivity contribution >= 4 is 10.0 Å². The molecule has 0 aromatic heterocycles. The minimum atomic E-state index is -3.71. The zero-order chi connectivity index (χ0) is 19.6. The third-order valence-corrected chi connectivity index (χ3v) is 6.35. The first-order chi connectivity index (χ1) is 13.5. The molecule has 1 fully saturated rings. The van der Waals surface area contributed by atoms with E-state index in [1.165, 1.54) is 18.2 Å². The minimum absolute atomic E-state index is 0.0581. The number of benzene rings is 1. The van der Waals surface area contributed by atoms with Crippen molar-refractivity contribution in [3.63, 3.8) is 0 Å². The molecule has 1 aromatic carbocycles. The Labute approximate surface area is 163 Å². The van der Waals surface area contributed by atoms with E-state index in [-0.39, 0.29) is 10.9 Å². The Kier molecular flexibility index (Phi) is 5.56. The van der Waals surface area contributed by atoms with Crippen molar-refractivity contribution in [3.8, 4) is 0 Å². The first-order valence-electron chi connectivity index (χ1n) is 9.33. The summed E-state index contributed by atoms with van der Waals surface area (Å²) < 4.78 is 57.6. The van der Waals surface area contributed by atoms with E-state index in [2.05, 4.69) is 9.62 Å². The molecule has 0 saturated carbocycles. The Hall–Kier alpha value is -2.10. The standard InChI is InChI=1S/C19H23FN2O5S/c20-14-3-1-4-16(11-14)28(23,24)21-15-12-22(13-15)7-8-25-17-5-2-6-18-19(17)27-10-9-26-18/h1,3-5,11,15,21H,2,6-10,12-13H2. The molecule has 0 amide bonds. The Morgan fingerprint density at radius 2 is 2.07 bits per heavy atom. The fraction of sp³-hybridized carbons (Fsp3) is 0.474. The van der Waals surface area contributed by atoms with E-state index in [0.29, 0.717) is 45.2 Å². The molecule has 1 saturated heterocycles. The Bertz CT molecular complexity index is 893. The molecule has 1 N–H and O–H groups in total. The van der Waals surface area contributed by atoms with Gasteiger partial charge < -0.3 is 14.2 Å². The Morgan fingerprint density at radius 1 is 1.25 bits per heavy atom. The van der Waals surface area contributed by atoms with Gasteiger partial charge in [-0.25, -0.2) is 17.5 Å². The van der Waals surface area contributed by atoms with E-state index in [0.717, 1.165) is 30.4 Å². The van der Waals surface area contributed by atoms with Crippen LogP contribution in [0, 0.1) is 5.82 Å². The molecule has 1 aromatic rings. The molecule has 0 bridgehead atoms. The monoisotopic (exact) mass is 410 g/mol. The van der Waals surface area contributed by atoms with Gasteiger partial charge in [0.05, 0.1) is 4.90 Å². The number of halogens is 1. The molecule has 0 radical (unpaired) electrons. The number of hydrogen-bond donors (Lipinski definition) is 1. The van der Waals surface area contributed by atoms with Gasteiger partial charge in [0.1, 0.15) is 31.4 Å². The molecule has 7 nitrogen and oxygen atoms in total. The van der Waals surface area contributed by atoms with E-state index in [1.54, 1.807) is 0 Å². The number of nitrogens with zero attached hydrogens (tertiary/aromatic N) is 1. The molecule has 2 heterocycles. The topological polar surface area (TPSA) is 77.1 Å². The maximum atomic E-state index is 13.3. The van der Waals surface area contributed by atoms with E-state index in [4.69, 9.17) is 14.2 Å². The van der Waals surface area contributed by atoms with Crippen molar-refractivity contribution in [2.24, 2.45) is 0 Å². The summed E-state index contributed by atoms with van der Waals surface area (Å²) in [7, 11) is -3.71. The quantitative estimate of drug-likeness (QED) is 0.738. The molecular weight excluding hydrogens is 387 g/mol. The molecule has 1 aliphatic carbocycles. The van der Waals surface area contributed by atoms with Crippen LogP contribution in [0.2, 0.25) is 0 Å². The maximum Gasteiger partial charge on any atom is 0.241 e. The first kappa shape index (κ1) is 19.2. The summed E-state index contributed by atoms with van der Waals surface area (Å²) in [5.41, 5.74) is 0. The van der Waals surface area contributed by atoms with Crippen LogP contribution in [0.1, 0.15) is 12.8 Å². The van der Waals surface area contributed by atoms with Crippen LogP contribution < -0.4 is 4.72 Å². The maximum absolute atomic E-state index is 13.3. The van der Waals surface area contributed by atoms with E-state index in [9.17, 15) is 12.8 Å². The van der Waals surface area contributed by atoms with Gasteiger partial charge >= 0.3 is 0 Å².